The highest BCUT2D eigenvalue weighted by atomic mass is 16.7. The number of carboxylic acids is 2. The van der Waals surface area contributed by atoms with E-state index in [4.69, 9.17) is 18.9 Å². The van der Waals surface area contributed by atoms with Gasteiger partial charge in [-0.3, -0.25) is 19.2 Å². The maximum Gasteiger partial charge on any atom is 0.312 e. The van der Waals surface area contributed by atoms with Gasteiger partial charge in [-0.25, -0.2) is 0 Å². The van der Waals surface area contributed by atoms with Crippen molar-refractivity contribution in [2.75, 3.05) is 13.2 Å². The van der Waals surface area contributed by atoms with Gasteiger partial charge < -0.3 is 29.2 Å². The van der Waals surface area contributed by atoms with E-state index in [2.05, 4.69) is 0 Å². The molecule has 10 unspecified atom stereocenters. The van der Waals surface area contributed by atoms with E-state index >= 15 is 0 Å². The third-order valence-electron chi connectivity index (χ3n) is 9.70. The Morgan fingerprint density at radius 3 is 1.27 bits per heavy atom. The summed E-state index contributed by atoms with van der Waals surface area (Å²) in [6, 6.07) is 0. The quantitative estimate of drug-likeness (QED) is 0.206. The number of fused-ring (bicyclic) bond motifs is 4. The second-order valence-corrected chi connectivity index (χ2v) is 12.2. The molecule has 0 aromatic heterocycles. The lowest BCUT2D eigenvalue weighted by atomic mass is 9.83. The van der Waals surface area contributed by atoms with Crippen molar-refractivity contribution in [2.45, 2.75) is 65.0 Å². The van der Waals surface area contributed by atoms with Crippen molar-refractivity contribution >= 4 is 23.9 Å². The fourth-order valence-electron chi connectivity index (χ4n) is 7.62. The van der Waals surface area contributed by atoms with Crippen LogP contribution in [0.2, 0.25) is 0 Å². The average molecular weight is 561 g/mol. The number of aliphatic carboxylic acids is 2. The molecule has 0 heterocycles. The van der Waals surface area contributed by atoms with Gasteiger partial charge in [0, 0.05) is 0 Å². The number of rotatable bonds is 12. The lowest BCUT2D eigenvalue weighted by Crippen LogP contribution is -2.36. The lowest BCUT2D eigenvalue weighted by molar-refractivity contribution is -0.189. The third-order valence-corrected chi connectivity index (χ3v) is 9.70. The fraction of sp³-hybridized carbons (Fsp3) is 0.733. The minimum absolute atomic E-state index is 0.0776. The van der Waals surface area contributed by atoms with Crippen molar-refractivity contribution in [1.29, 1.82) is 0 Å². The smallest absolute Gasteiger partial charge is 0.312 e. The second kappa shape index (κ2) is 12.0. The predicted molar refractivity (Wildman–Crippen MR) is 139 cm³/mol. The summed E-state index contributed by atoms with van der Waals surface area (Å²) < 4.78 is 22.6. The van der Waals surface area contributed by atoms with Crippen LogP contribution in [-0.4, -0.2) is 59.9 Å². The summed E-state index contributed by atoms with van der Waals surface area (Å²) in [5.74, 6) is -5.38. The molecule has 2 N–H and O–H groups in total. The Hall–Kier alpha value is -2.72. The van der Waals surface area contributed by atoms with Crippen LogP contribution in [0.15, 0.2) is 24.3 Å². The number of hydrogen-bond acceptors (Lipinski definition) is 8. The van der Waals surface area contributed by atoms with Gasteiger partial charge in [-0.2, -0.15) is 0 Å². The van der Waals surface area contributed by atoms with Crippen molar-refractivity contribution in [3.63, 3.8) is 0 Å². The first kappa shape index (κ1) is 28.8. The van der Waals surface area contributed by atoms with Crippen LogP contribution in [0.5, 0.6) is 0 Å². The Morgan fingerprint density at radius 2 is 0.950 bits per heavy atom. The summed E-state index contributed by atoms with van der Waals surface area (Å²) in [7, 11) is 0. The highest BCUT2D eigenvalue weighted by Gasteiger charge is 2.53. The summed E-state index contributed by atoms with van der Waals surface area (Å²) in [5, 5.41) is 19.1. The molecule has 0 radical (unpaired) electrons. The third kappa shape index (κ3) is 5.98. The van der Waals surface area contributed by atoms with Gasteiger partial charge in [0.2, 0.25) is 0 Å². The standard InChI is InChI=1S/C30H40O10/c1-15(39-29(35)25-21-9-7-19(11-21)23(25)27(31)32)37-13-17-3-5-18(6-4-17)14-38-16(2)40-30(36)26-22-10-8-20(12-22)24(26)28(33)34/h7-10,15-26H,3-6,11-14H2,1-2H3,(H,31,32)(H,33,34). The molecule has 40 heavy (non-hydrogen) atoms. The number of hydrogen-bond donors (Lipinski definition) is 2. The van der Waals surface area contributed by atoms with E-state index < -0.39 is 60.1 Å². The molecule has 0 amide bonds. The molecule has 0 saturated heterocycles. The van der Waals surface area contributed by atoms with E-state index in [1.165, 1.54) is 0 Å². The van der Waals surface area contributed by atoms with Crippen molar-refractivity contribution in [3.05, 3.63) is 24.3 Å². The van der Waals surface area contributed by atoms with Gasteiger partial charge in [-0.15, -0.1) is 0 Å². The first-order valence-corrected chi connectivity index (χ1v) is 14.6. The molecule has 0 aliphatic heterocycles. The number of esters is 2. The number of carboxylic acid groups (broad SMARTS) is 2. The maximum atomic E-state index is 12.7. The molecule has 4 bridgehead atoms. The van der Waals surface area contributed by atoms with Gasteiger partial charge in [0.25, 0.3) is 0 Å². The summed E-state index contributed by atoms with van der Waals surface area (Å²) in [5.41, 5.74) is 0. The zero-order valence-corrected chi connectivity index (χ0v) is 23.1. The van der Waals surface area contributed by atoms with Gasteiger partial charge in [-0.1, -0.05) is 24.3 Å². The topological polar surface area (TPSA) is 146 Å². The maximum absolute atomic E-state index is 12.7. The predicted octanol–water partition coefficient (Wildman–Crippen LogP) is 3.65. The number of allylic oxidation sites excluding steroid dienone is 4. The summed E-state index contributed by atoms with van der Waals surface area (Å²) >= 11 is 0. The zero-order chi connectivity index (χ0) is 28.6. The molecule has 3 saturated carbocycles. The van der Waals surface area contributed by atoms with Crippen LogP contribution >= 0.6 is 0 Å². The summed E-state index contributed by atoms with van der Waals surface area (Å²) in [6.45, 7) is 4.25. The van der Waals surface area contributed by atoms with Crippen LogP contribution in [0.4, 0.5) is 0 Å². The van der Waals surface area contributed by atoms with Crippen LogP contribution in [0.3, 0.4) is 0 Å². The van der Waals surface area contributed by atoms with Crippen LogP contribution in [-0.2, 0) is 38.1 Å². The monoisotopic (exact) mass is 560 g/mol. The Morgan fingerprint density at radius 1 is 0.625 bits per heavy atom. The van der Waals surface area contributed by atoms with Gasteiger partial charge in [0.05, 0.1) is 36.9 Å². The Kier molecular flexibility index (Phi) is 8.66. The van der Waals surface area contributed by atoms with Crippen LogP contribution < -0.4 is 0 Å². The van der Waals surface area contributed by atoms with Crippen LogP contribution in [0, 0.1) is 59.2 Å². The lowest BCUT2D eigenvalue weighted by Gasteiger charge is -2.30. The molecule has 5 aliphatic carbocycles. The van der Waals surface area contributed by atoms with E-state index in [0.717, 1.165) is 25.7 Å². The van der Waals surface area contributed by atoms with E-state index in [0.29, 0.717) is 37.9 Å². The van der Waals surface area contributed by atoms with Crippen molar-refractivity contribution in [3.8, 4) is 0 Å². The molecule has 10 atom stereocenters. The molecular formula is C30H40O10. The van der Waals surface area contributed by atoms with E-state index in [1.807, 2.05) is 24.3 Å². The summed E-state index contributed by atoms with van der Waals surface area (Å²) in [4.78, 5) is 48.8. The largest absolute Gasteiger partial charge is 0.481 e. The molecule has 10 nitrogen and oxygen atoms in total. The van der Waals surface area contributed by atoms with Crippen molar-refractivity contribution in [2.24, 2.45) is 59.2 Å². The number of carbonyl (C=O) groups excluding carboxylic acids is 2. The van der Waals surface area contributed by atoms with Crippen LogP contribution in [0.1, 0.15) is 52.4 Å². The van der Waals surface area contributed by atoms with Gasteiger partial charge >= 0.3 is 23.9 Å². The Bertz CT molecular complexity index is 961. The van der Waals surface area contributed by atoms with Crippen molar-refractivity contribution < 1.29 is 48.3 Å². The van der Waals surface area contributed by atoms with E-state index in [9.17, 15) is 29.4 Å². The first-order valence-electron chi connectivity index (χ1n) is 14.6. The molecule has 0 aromatic carbocycles. The van der Waals surface area contributed by atoms with E-state index in [-0.39, 0.29) is 23.7 Å². The number of ether oxygens (including phenoxy) is 4. The highest BCUT2D eigenvalue weighted by molar-refractivity contribution is 5.84. The Balaban J connectivity index is 0.975. The summed E-state index contributed by atoms with van der Waals surface area (Å²) in [6.07, 6.45) is 11.3. The molecular weight excluding hydrogens is 520 g/mol. The molecule has 5 aliphatic rings. The number of carbonyl (C=O) groups is 4. The van der Waals surface area contributed by atoms with E-state index in [1.54, 1.807) is 13.8 Å². The molecule has 10 heteroatoms. The van der Waals surface area contributed by atoms with Gasteiger partial charge in [0.1, 0.15) is 0 Å². The molecule has 0 spiro atoms. The zero-order valence-electron chi connectivity index (χ0n) is 23.1. The average Bonchev–Trinajstić information content (AvgIpc) is 3.71. The minimum Gasteiger partial charge on any atom is -0.481 e. The highest BCUT2D eigenvalue weighted by Crippen LogP contribution is 2.49. The molecule has 3 fully saturated rings. The van der Waals surface area contributed by atoms with Crippen LogP contribution in [0.25, 0.3) is 0 Å². The van der Waals surface area contributed by atoms with Gasteiger partial charge in [-0.05, 0) is 87.9 Å². The minimum atomic E-state index is -0.953. The fourth-order valence-corrected chi connectivity index (χ4v) is 7.62. The normalized spacial score (nSPS) is 38.8. The van der Waals surface area contributed by atoms with Crippen molar-refractivity contribution in [1.82, 2.24) is 0 Å². The molecule has 5 rings (SSSR count). The Labute approximate surface area is 234 Å². The SMILES string of the molecule is CC(OCC1CCC(COC(C)OC(=O)C2C3C=CC(C3)C2C(=O)O)CC1)OC(=O)C1C2C=CC(C2)C1C(=O)O. The van der Waals surface area contributed by atoms with Gasteiger partial charge in [0.15, 0.2) is 12.6 Å². The second-order valence-electron chi connectivity index (χ2n) is 12.2. The molecule has 220 valence electrons. The first-order chi connectivity index (χ1) is 19.1. The molecule has 0 aromatic rings.